The van der Waals surface area contributed by atoms with E-state index in [4.69, 9.17) is 5.73 Å². The lowest BCUT2D eigenvalue weighted by atomic mass is 10.1. The zero-order valence-corrected chi connectivity index (χ0v) is 17.5. The number of H-pyrrole nitrogens is 1. The van der Waals surface area contributed by atoms with E-state index in [0.717, 1.165) is 11.3 Å². The topological polar surface area (TPSA) is 151 Å². The van der Waals surface area contributed by atoms with Crippen molar-refractivity contribution in [2.45, 2.75) is 26.3 Å². The molecule has 0 unspecified atom stereocenters. The highest BCUT2D eigenvalue weighted by atomic mass is 16.2. The molecule has 0 fully saturated rings. The number of rotatable bonds is 7. The Hall–Kier alpha value is -3.89. The van der Waals surface area contributed by atoms with Crippen LogP contribution in [0.4, 0.5) is 17.2 Å². The smallest absolute Gasteiger partial charge is 0.330 e. The standard InChI is InChI=1S/C20H24N6O5/c1-4-5-8-26-16(21)15(17(28)23-20(26)31)24(2)10-14(27)22-11-6-7-12-13(9-11)19(30)25(3)18(12)29/h6-7,9H,4-5,8,10,21H2,1-3H3,(H,22,27)(H,23,28,31). The maximum absolute atomic E-state index is 12.5. The summed E-state index contributed by atoms with van der Waals surface area (Å²) in [7, 11) is 2.90. The van der Waals surface area contributed by atoms with Gasteiger partial charge in [0.15, 0.2) is 0 Å². The Kier molecular flexibility index (Phi) is 5.95. The molecule has 0 spiro atoms. The van der Waals surface area contributed by atoms with Crippen LogP contribution >= 0.6 is 0 Å². The molecular formula is C20H24N6O5. The first-order valence-electron chi connectivity index (χ1n) is 9.75. The van der Waals surface area contributed by atoms with Crippen molar-refractivity contribution in [2.24, 2.45) is 0 Å². The number of nitrogens with two attached hydrogens (primary N) is 1. The van der Waals surface area contributed by atoms with Gasteiger partial charge in [-0.05, 0) is 24.6 Å². The summed E-state index contributed by atoms with van der Waals surface area (Å²) in [6, 6.07) is 4.43. The maximum atomic E-state index is 12.5. The molecule has 1 aromatic heterocycles. The van der Waals surface area contributed by atoms with Gasteiger partial charge in [0.2, 0.25) is 5.91 Å². The molecule has 11 nitrogen and oxygen atoms in total. The molecule has 1 aromatic carbocycles. The van der Waals surface area contributed by atoms with E-state index < -0.39 is 29.0 Å². The number of benzene rings is 1. The number of aromatic nitrogens is 2. The van der Waals surface area contributed by atoms with Crippen LogP contribution in [0, 0.1) is 0 Å². The molecule has 11 heteroatoms. The molecule has 3 rings (SSSR count). The Bertz CT molecular complexity index is 1180. The van der Waals surface area contributed by atoms with E-state index in [1.54, 1.807) is 0 Å². The van der Waals surface area contributed by atoms with Crippen LogP contribution in [0.5, 0.6) is 0 Å². The second kappa shape index (κ2) is 8.46. The number of unbranched alkanes of at least 4 members (excludes halogenated alkanes) is 1. The third kappa shape index (κ3) is 4.06. The van der Waals surface area contributed by atoms with Crippen LogP contribution in [0.1, 0.15) is 40.5 Å². The van der Waals surface area contributed by atoms with Crippen LogP contribution in [-0.2, 0) is 11.3 Å². The van der Waals surface area contributed by atoms with Crippen molar-refractivity contribution in [1.82, 2.24) is 14.5 Å². The molecule has 2 heterocycles. The number of carbonyl (C=O) groups is 3. The minimum absolute atomic E-state index is 0.0119. The first-order chi connectivity index (χ1) is 14.6. The molecule has 0 saturated heterocycles. The van der Waals surface area contributed by atoms with E-state index in [0.29, 0.717) is 18.7 Å². The summed E-state index contributed by atoms with van der Waals surface area (Å²) in [4.78, 5) is 65.5. The van der Waals surface area contributed by atoms with Gasteiger partial charge < -0.3 is 16.0 Å². The van der Waals surface area contributed by atoms with Gasteiger partial charge in [-0.15, -0.1) is 0 Å². The van der Waals surface area contributed by atoms with Crippen LogP contribution in [0.3, 0.4) is 0 Å². The molecule has 0 radical (unpaired) electrons. The normalized spacial score (nSPS) is 12.8. The monoisotopic (exact) mass is 428 g/mol. The van der Waals surface area contributed by atoms with Crippen LogP contribution in [0.2, 0.25) is 0 Å². The Morgan fingerprint density at radius 2 is 1.84 bits per heavy atom. The van der Waals surface area contributed by atoms with Gasteiger partial charge in [-0.2, -0.15) is 0 Å². The lowest BCUT2D eigenvalue weighted by molar-refractivity contribution is -0.114. The summed E-state index contributed by atoms with van der Waals surface area (Å²) >= 11 is 0. The van der Waals surface area contributed by atoms with E-state index >= 15 is 0 Å². The van der Waals surface area contributed by atoms with E-state index in [1.165, 1.54) is 41.8 Å². The molecule has 31 heavy (non-hydrogen) atoms. The fourth-order valence-electron chi connectivity index (χ4n) is 3.42. The van der Waals surface area contributed by atoms with Crippen molar-refractivity contribution in [3.8, 4) is 0 Å². The minimum Gasteiger partial charge on any atom is -0.383 e. The second-order valence-corrected chi connectivity index (χ2v) is 7.33. The summed E-state index contributed by atoms with van der Waals surface area (Å²) in [5.41, 5.74) is 5.61. The van der Waals surface area contributed by atoms with Crippen molar-refractivity contribution in [3.63, 3.8) is 0 Å². The number of nitrogens with zero attached hydrogens (tertiary/aromatic N) is 3. The molecule has 1 aliphatic rings. The Morgan fingerprint density at radius 1 is 1.16 bits per heavy atom. The van der Waals surface area contributed by atoms with Gasteiger partial charge in [0.1, 0.15) is 11.5 Å². The number of hydrogen-bond donors (Lipinski definition) is 3. The first kappa shape index (κ1) is 21.8. The van der Waals surface area contributed by atoms with Crippen LogP contribution < -0.4 is 27.2 Å². The number of likely N-dealkylation sites (N-methyl/N-ethyl adjacent to an activating group) is 1. The number of amides is 3. The molecule has 4 N–H and O–H groups in total. The zero-order valence-electron chi connectivity index (χ0n) is 17.5. The van der Waals surface area contributed by atoms with E-state index in [9.17, 15) is 24.0 Å². The molecule has 0 bridgehead atoms. The van der Waals surface area contributed by atoms with Gasteiger partial charge in [0.25, 0.3) is 17.4 Å². The van der Waals surface area contributed by atoms with Crippen molar-refractivity contribution in [2.75, 3.05) is 36.6 Å². The van der Waals surface area contributed by atoms with Gasteiger partial charge in [-0.3, -0.25) is 33.6 Å². The molecular weight excluding hydrogens is 404 g/mol. The Morgan fingerprint density at radius 3 is 2.52 bits per heavy atom. The SMILES string of the molecule is CCCCn1c(N)c(N(C)CC(=O)Nc2ccc3c(c2)C(=O)N(C)C3=O)c(=O)[nH]c1=O. The average Bonchev–Trinajstić information content (AvgIpc) is 2.91. The molecule has 0 aliphatic carbocycles. The molecule has 0 atom stereocenters. The average molecular weight is 428 g/mol. The van der Waals surface area contributed by atoms with Crippen molar-refractivity contribution < 1.29 is 14.4 Å². The van der Waals surface area contributed by atoms with Gasteiger partial charge >= 0.3 is 5.69 Å². The fourth-order valence-corrected chi connectivity index (χ4v) is 3.42. The molecule has 1 aliphatic heterocycles. The van der Waals surface area contributed by atoms with Crippen LogP contribution in [0.25, 0.3) is 0 Å². The highest BCUT2D eigenvalue weighted by Gasteiger charge is 2.32. The third-order valence-electron chi connectivity index (χ3n) is 5.09. The second-order valence-electron chi connectivity index (χ2n) is 7.33. The highest BCUT2D eigenvalue weighted by molar-refractivity contribution is 6.21. The zero-order chi connectivity index (χ0) is 22.9. The third-order valence-corrected chi connectivity index (χ3v) is 5.09. The summed E-state index contributed by atoms with van der Waals surface area (Å²) in [5.74, 6) is -1.33. The number of nitrogen functional groups attached to an aromatic ring is 1. The lowest BCUT2D eigenvalue weighted by Gasteiger charge is -2.21. The summed E-state index contributed by atoms with van der Waals surface area (Å²) < 4.78 is 1.27. The minimum atomic E-state index is -0.685. The van der Waals surface area contributed by atoms with Gasteiger partial charge in [0.05, 0.1) is 17.7 Å². The number of fused-ring (bicyclic) bond motifs is 1. The fraction of sp³-hybridized carbons (Fsp3) is 0.350. The largest absolute Gasteiger partial charge is 0.383 e. The number of anilines is 3. The summed E-state index contributed by atoms with van der Waals surface area (Å²) in [6.45, 7) is 2.08. The Labute approximate surface area is 177 Å². The summed E-state index contributed by atoms with van der Waals surface area (Å²) in [6.07, 6.45) is 1.54. The van der Waals surface area contributed by atoms with Crippen LogP contribution in [-0.4, -0.2) is 52.8 Å². The highest BCUT2D eigenvalue weighted by Crippen LogP contribution is 2.25. The van der Waals surface area contributed by atoms with E-state index in [-0.39, 0.29) is 29.2 Å². The van der Waals surface area contributed by atoms with Crippen molar-refractivity contribution in [1.29, 1.82) is 0 Å². The molecule has 164 valence electrons. The number of aromatic amines is 1. The van der Waals surface area contributed by atoms with Crippen molar-refractivity contribution in [3.05, 3.63) is 50.2 Å². The molecule has 3 amide bonds. The molecule has 2 aromatic rings. The number of nitrogens with one attached hydrogen (secondary N) is 2. The number of imide groups is 1. The quantitative estimate of drug-likeness (QED) is 0.534. The predicted octanol–water partition coefficient (Wildman–Crippen LogP) is 0.220. The predicted molar refractivity (Wildman–Crippen MR) is 115 cm³/mol. The summed E-state index contributed by atoms with van der Waals surface area (Å²) in [5, 5.41) is 2.64. The van der Waals surface area contributed by atoms with Gasteiger partial charge in [-0.25, -0.2) is 4.79 Å². The lowest BCUT2D eigenvalue weighted by Crippen LogP contribution is -2.39. The van der Waals surface area contributed by atoms with E-state index in [1.807, 2.05) is 6.92 Å². The van der Waals surface area contributed by atoms with Crippen LogP contribution in [0.15, 0.2) is 27.8 Å². The number of carbonyl (C=O) groups excluding carboxylic acids is 3. The maximum Gasteiger partial charge on any atom is 0.330 e. The van der Waals surface area contributed by atoms with E-state index in [2.05, 4.69) is 10.3 Å². The Balaban J connectivity index is 1.78. The van der Waals surface area contributed by atoms with Gasteiger partial charge in [-0.1, -0.05) is 13.3 Å². The number of hydrogen-bond acceptors (Lipinski definition) is 7. The van der Waals surface area contributed by atoms with Gasteiger partial charge in [0, 0.05) is 26.3 Å². The molecule has 0 saturated carbocycles. The first-order valence-corrected chi connectivity index (χ1v) is 9.75. The van der Waals surface area contributed by atoms with Crippen molar-refractivity contribution >= 4 is 34.9 Å².